The molecule has 2 aromatic rings. The SMILES string of the molecule is CCOC(=O)N1CCC(Nc2cnnc(NC(C)c3ccccc3)n2)CC1. The lowest BCUT2D eigenvalue weighted by Crippen LogP contribution is -2.42. The van der Waals surface area contributed by atoms with E-state index in [2.05, 4.69) is 44.9 Å². The molecular weight excluding hydrogens is 344 g/mol. The molecule has 8 nitrogen and oxygen atoms in total. The van der Waals surface area contributed by atoms with Crippen molar-refractivity contribution in [2.45, 2.75) is 38.8 Å². The van der Waals surface area contributed by atoms with E-state index < -0.39 is 0 Å². The maximum atomic E-state index is 11.8. The van der Waals surface area contributed by atoms with Gasteiger partial charge in [-0.2, -0.15) is 10.1 Å². The van der Waals surface area contributed by atoms with E-state index in [1.165, 1.54) is 0 Å². The third-order valence-electron chi connectivity index (χ3n) is 4.58. The predicted molar refractivity (Wildman–Crippen MR) is 104 cm³/mol. The molecule has 1 aliphatic rings. The van der Waals surface area contributed by atoms with Gasteiger partial charge in [-0.1, -0.05) is 30.3 Å². The number of nitrogens with zero attached hydrogens (tertiary/aromatic N) is 4. The number of carbonyl (C=O) groups is 1. The van der Waals surface area contributed by atoms with Crippen LogP contribution in [0, 0.1) is 0 Å². The van der Waals surface area contributed by atoms with Gasteiger partial charge in [0, 0.05) is 19.1 Å². The average Bonchev–Trinajstić information content (AvgIpc) is 2.70. The summed E-state index contributed by atoms with van der Waals surface area (Å²) >= 11 is 0. The minimum Gasteiger partial charge on any atom is -0.450 e. The number of carbonyl (C=O) groups excluding carboxylic acids is 1. The van der Waals surface area contributed by atoms with Crippen LogP contribution in [0.1, 0.15) is 38.3 Å². The van der Waals surface area contributed by atoms with Crippen LogP contribution in [0.15, 0.2) is 36.5 Å². The monoisotopic (exact) mass is 370 g/mol. The first-order valence-corrected chi connectivity index (χ1v) is 9.35. The fourth-order valence-corrected chi connectivity index (χ4v) is 3.08. The molecule has 1 aromatic carbocycles. The Bertz CT molecular complexity index is 734. The van der Waals surface area contributed by atoms with Crippen LogP contribution in [-0.2, 0) is 4.74 Å². The normalized spacial score (nSPS) is 15.9. The van der Waals surface area contributed by atoms with Gasteiger partial charge in [-0.05, 0) is 32.3 Å². The number of hydrogen-bond donors (Lipinski definition) is 2. The zero-order chi connectivity index (χ0) is 19.1. The van der Waals surface area contributed by atoms with E-state index in [1.54, 1.807) is 11.1 Å². The van der Waals surface area contributed by atoms with Crippen LogP contribution in [0.25, 0.3) is 0 Å². The lowest BCUT2D eigenvalue weighted by atomic mass is 10.1. The molecule has 3 rings (SSSR count). The number of rotatable bonds is 6. The Balaban J connectivity index is 1.53. The van der Waals surface area contributed by atoms with Crippen LogP contribution >= 0.6 is 0 Å². The topological polar surface area (TPSA) is 92.3 Å². The van der Waals surface area contributed by atoms with Crippen LogP contribution in [0.3, 0.4) is 0 Å². The van der Waals surface area contributed by atoms with Crippen molar-refractivity contribution in [1.82, 2.24) is 20.1 Å². The van der Waals surface area contributed by atoms with E-state index in [0.717, 1.165) is 18.4 Å². The second-order valence-electron chi connectivity index (χ2n) is 6.55. The summed E-state index contributed by atoms with van der Waals surface area (Å²) in [7, 11) is 0. The zero-order valence-corrected chi connectivity index (χ0v) is 15.8. The third-order valence-corrected chi connectivity index (χ3v) is 4.58. The first-order chi connectivity index (χ1) is 13.2. The van der Waals surface area contributed by atoms with Crippen LogP contribution in [0.4, 0.5) is 16.6 Å². The van der Waals surface area contributed by atoms with Gasteiger partial charge >= 0.3 is 6.09 Å². The Morgan fingerprint density at radius 1 is 1.30 bits per heavy atom. The lowest BCUT2D eigenvalue weighted by molar-refractivity contribution is 0.0983. The molecule has 27 heavy (non-hydrogen) atoms. The van der Waals surface area contributed by atoms with E-state index in [4.69, 9.17) is 4.74 Å². The van der Waals surface area contributed by atoms with Crippen molar-refractivity contribution in [1.29, 1.82) is 0 Å². The second kappa shape index (κ2) is 9.16. The molecular formula is C19H26N6O2. The number of hydrogen-bond acceptors (Lipinski definition) is 7. The lowest BCUT2D eigenvalue weighted by Gasteiger charge is -2.31. The highest BCUT2D eigenvalue weighted by atomic mass is 16.6. The number of likely N-dealkylation sites (tertiary alicyclic amines) is 1. The van der Waals surface area contributed by atoms with E-state index in [9.17, 15) is 4.79 Å². The summed E-state index contributed by atoms with van der Waals surface area (Å²) in [5.74, 6) is 1.17. The number of piperidine rings is 1. The maximum absolute atomic E-state index is 11.8. The summed E-state index contributed by atoms with van der Waals surface area (Å²) in [6, 6.07) is 10.4. The van der Waals surface area contributed by atoms with Crippen molar-refractivity contribution in [3.8, 4) is 0 Å². The molecule has 1 unspecified atom stereocenters. The molecule has 1 aliphatic heterocycles. The Morgan fingerprint density at radius 2 is 2.04 bits per heavy atom. The molecule has 1 saturated heterocycles. The fraction of sp³-hybridized carbons (Fsp3) is 0.474. The summed E-state index contributed by atoms with van der Waals surface area (Å²) in [4.78, 5) is 18.0. The summed E-state index contributed by atoms with van der Waals surface area (Å²) in [5.41, 5.74) is 1.16. The van der Waals surface area contributed by atoms with E-state index >= 15 is 0 Å². The largest absolute Gasteiger partial charge is 0.450 e. The van der Waals surface area contributed by atoms with Gasteiger partial charge in [-0.15, -0.1) is 5.10 Å². The van der Waals surface area contributed by atoms with Crippen LogP contribution in [0.5, 0.6) is 0 Å². The standard InChI is InChI=1S/C19H26N6O2/c1-3-27-19(26)25-11-9-16(10-12-25)22-17-13-20-24-18(23-17)21-14(2)15-7-5-4-6-8-15/h4-8,13-14,16H,3,9-12H2,1-2H3,(H2,21,22,23,24). The number of anilines is 2. The molecule has 0 radical (unpaired) electrons. The Labute approximate surface area is 159 Å². The Kier molecular flexibility index (Phi) is 6.40. The van der Waals surface area contributed by atoms with E-state index in [-0.39, 0.29) is 18.2 Å². The van der Waals surface area contributed by atoms with Gasteiger partial charge in [0.05, 0.1) is 18.8 Å². The zero-order valence-electron chi connectivity index (χ0n) is 15.8. The van der Waals surface area contributed by atoms with Gasteiger partial charge in [0.15, 0.2) is 5.82 Å². The molecule has 0 bridgehead atoms. The molecule has 1 fully saturated rings. The number of ether oxygens (including phenoxy) is 1. The summed E-state index contributed by atoms with van der Waals surface area (Å²) in [6.45, 7) is 5.62. The van der Waals surface area contributed by atoms with Crippen molar-refractivity contribution in [3.05, 3.63) is 42.1 Å². The molecule has 1 atom stereocenters. The molecule has 1 amide bonds. The molecule has 0 spiro atoms. The maximum Gasteiger partial charge on any atom is 0.409 e. The van der Waals surface area contributed by atoms with Crippen molar-refractivity contribution in [3.63, 3.8) is 0 Å². The molecule has 8 heteroatoms. The number of amides is 1. The highest BCUT2D eigenvalue weighted by Crippen LogP contribution is 2.18. The van der Waals surface area contributed by atoms with Crippen molar-refractivity contribution in [2.75, 3.05) is 30.3 Å². The van der Waals surface area contributed by atoms with Gasteiger partial charge in [-0.25, -0.2) is 4.79 Å². The van der Waals surface area contributed by atoms with Crippen molar-refractivity contribution in [2.24, 2.45) is 0 Å². The smallest absolute Gasteiger partial charge is 0.409 e. The summed E-state index contributed by atoms with van der Waals surface area (Å²) in [5, 5.41) is 14.8. The van der Waals surface area contributed by atoms with Crippen molar-refractivity contribution >= 4 is 17.9 Å². The average molecular weight is 370 g/mol. The fourth-order valence-electron chi connectivity index (χ4n) is 3.08. The molecule has 1 aromatic heterocycles. The van der Waals surface area contributed by atoms with Gasteiger partial charge in [0.1, 0.15) is 0 Å². The van der Waals surface area contributed by atoms with E-state index in [1.807, 2.05) is 25.1 Å². The minimum atomic E-state index is -0.235. The van der Waals surface area contributed by atoms with Gasteiger partial charge in [0.2, 0.25) is 5.95 Å². The molecule has 0 saturated carbocycles. The quantitative estimate of drug-likeness (QED) is 0.807. The summed E-state index contributed by atoms with van der Waals surface area (Å²) < 4.78 is 5.05. The molecule has 0 aliphatic carbocycles. The molecule has 2 N–H and O–H groups in total. The predicted octanol–water partition coefficient (Wildman–Crippen LogP) is 3.08. The van der Waals surface area contributed by atoms with Gasteiger partial charge < -0.3 is 20.3 Å². The molecule has 144 valence electrons. The van der Waals surface area contributed by atoms with Crippen molar-refractivity contribution < 1.29 is 9.53 Å². The van der Waals surface area contributed by atoms with Crippen LogP contribution < -0.4 is 10.6 Å². The second-order valence-corrected chi connectivity index (χ2v) is 6.55. The first-order valence-electron chi connectivity index (χ1n) is 9.35. The first kappa shape index (κ1) is 18.9. The molecule has 2 heterocycles. The number of benzene rings is 1. The van der Waals surface area contributed by atoms with E-state index in [0.29, 0.717) is 31.5 Å². The minimum absolute atomic E-state index is 0.0797. The van der Waals surface area contributed by atoms with Crippen LogP contribution in [0.2, 0.25) is 0 Å². The van der Waals surface area contributed by atoms with Gasteiger partial charge in [0.25, 0.3) is 0 Å². The highest BCUT2D eigenvalue weighted by Gasteiger charge is 2.23. The third kappa shape index (κ3) is 5.29. The van der Waals surface area contributed by atoms with Crippen LogP contribution in [-0.4, -0.2) is 51.9 Å². The Morgan fingerprint density at radius 3 is 2.74 bits per heavy atom. The van der Waals surface area contributed by atoms with Gasteiger partial charge in [-0.3, -0.25) is 0 Å². The number of aromatic nitrogens is 3. The Hall–Kier alpha value is -2.90. The number of nitrogens with one attached hydrogen (secondary N) is 2. The highest BCUT2D eigenvalue weighted by molar-refractivity contribution is 5.67. The summed E-state index contributed by atoms with van der Waals surface area (Å²) in [6.07, 6.45) is 3.06.